The normalized spacial score (nSPS) is 15.4. The maximum atomic E-state index is 6.25. The van der Waals surface area contributed by atoms with Crippen LogP contribution >= 0.6 is 0 Å². The molecule has 0 saturated carbocycles. The summed E-state index contributed by atoms with van der Waals surface area (Å²) in [4.78, 5) is 0. The first-order chi connectivity index (χ1) is 7.24. The van der Waals surface area contributed by atoms with E-state index in [1.165, 1.54) is 11.1 Å². The second-order valence-corrected chi connectivity index (χ2v) is 4.18. The van der Waals surface area contributed by atoms with Crippen molar-refractivity contribution in [1.82, 2.24) is 4.40 Å². The average molecular weight is 202 g/mol. The Morgan fingerprint density at radius 3 is 2.80 bits per heavy atom. The van der Waals surface area contributed by atoms with Gasteiger partial charge in [0.2, 0.25) is 0 Å². The van der Waals surface area contributed by atoms with Gasteiger partial charge in [0.1, 0.15) is 0 Å². The van der Waals surface area contributed by atoms with Gasteiger partial charge in [0.25, 0.3) is 0 Å². The first kappa shape index (κ1) is 10.2. The van der Waals surface area contributed by atoms with Crippen LogP contribution in [0.3, 0.4) is 0 Å². The lowest BCUT2D eigenvalue weighted by molar-refractivity contribution is 0.459. The number of hydrogen-bond acceptors (Lipinski definition) is 1. The van der Waals surface area contributed by atoms with E-state index >= 15 is 0 Å². The first-order valence-corrected chi connectivity index (χ1v) is 5.55. The molecule has 0 aromatic carbocycles. The minimum Gasteiger partial charge on any atom is -0.324 e. The summed E-state index contributed by atoms with van der Waals surface area (Å²) in [6.07, 6.45) is 5.25. The fourth-order valence-electron chi connectivity index (χ4n) is 1.92. The van der Waals surface area contributed by atoms with Crippen molar-refractivity contribution < 1.29 is 0 Å². The van der Waals surface area contributed by atoms with Gasteiger partial charge in [0, 0.05) is 24.0 Å². The highest BCUT2D eigenvalue weighted by Gasteiger charge is 2.15. The molecule has 0 aliphatic heterocycles. The summed E-state index contributed by atoms with van der Waals surface area (Å²) in [6.45, 7) is 4.39. The van der Waals surface area contributed by atoms with E-state index in [-0.39, 0.29) is 6.04 Å². The fraction of sp³-hybridized carbons (Fsp3) is 0.385. The Labute approximate surface area is 90.7 Å². The number of fused-ring (bicyclic) bond motifs is 1. The van der Waals surface area contributed by atoms with Crippen molar-refractivity contribution in [3.8, 4) is 0 Å². The summed E-state index contributed by atoms with van der Waals surface area (Å²) in [5.41, 5.74) is 8.73. The Hall–Kier alpha value is -1.28. The van der Waals surface area contributed by atoms with E-state index in [2.05, 4.69) is 48.8 Å². The lowest BCUT2D eigenvalue weighted by atomic mass is 9.94. The van der Waals surface area contributed by atoms with Crippen LogP contribution in [0, 0.1) is 5.92 Å². The Morgan fingerprint density at radius 2 is 2.07 bits per heavy atom. The number of pyridine rings is 1. The Balaban J connectivity index is 2.43. The van der Waals surface area contributed by atoms with Gasteiger partial charge in [-0.2, -0.15) is 0 Å². The molecular weight excluding hydrogens is 184 g/mol. The topological polar surface area (TPSA) is 30.4 Å². The molecule has 2 aromatic rings. The van der Waals surface area contributed by atoms with E-state index < -0.39 is 0 Å². The predicted molar refractivity (Wildman–Crippen MR) is 63.8 cm³/mol. The summed E-state index contributed by atoms with van der Waals surface area (Å²) in [7, 11) is 0. The summed E-state index contributed by atoms with van der Waals surface area (Å²) in [5.74, 6) is 0.524. The van der Waals surface area contributed by atoms with Gasteiger partial charge >= 0.3 is 0 Å². The zero-order valence-corrected chi connectivity index (χ0v) is 9.35. The number of rotatable bonds is 3. The van der Waals surface area contributed by atoms with Gasteiger partial charge in [-0.3, -0.25) is 0 Å². The summed E-state index contributed by atoms with van der Waals surface area (Å²) in [5, 5.41) is 0. The Morgan fingerprint density at radius 1 is 1.27 bits per heavy atom. The number of nitrogens with zero attached hydrogens (tertiary/aromatic N) is 1. The fourth-order valence-corrected chi connectivity index (χ4v) is 1.92. The summed E-state index contributed by atoms with van der Waals surface area (Å²) >= 11 is 0. The molecule has 0 amide bonds. The van der Waals surface area contributed by atoms with Gasteiger partial charge in [-0.25, -0.2) is 0 Å². The van der Waals surface area contributed by atoms with Crippen molar-refractivity contribution in [2.24, 2.45) is 11.7 Å². The molecule has 0 aliphatic rings. The molecule has 0 saturated heterocycles. The van der Waals surface area contributed by atoms with Crippen molar-refractivity contribution >= 4 is 5.52 Å². The molecule has 2 N–H and O–H groups in total. The van der Waals surface area contributed by atoms with Gasteiger partial charge in [-0.05, 0) is 29.7 Å². The second-order valence-electron chi connectivity index (χ2n) is 4.18. The van der Waals surface area contributed by atoms with Crippen LogP contribution in [-0.2, 0) is 0 Å². The van der Waals surface area contributed by atoms with Crippen molar-refractivity contribution in [3.63, 3.8) is 0 Å². The minimum absolute atomic E-state index is 0.141. The van der Waals surface area contributed by atoms with Gasteiger partial charge in [-0.1, -0.05) is 26.3 Å². The first-order valence-electron chi connectivity index (χ1n) is 5.55. The minimum atomic E-state index is 0.141. The monoisotopic (exact) mass is 202 g/mol. The van der Waals surface area contributed by atoms with Crippen LogP contribution in [0.25, 0.3) is 5.52 Å². The molecule has 2 unspecified atom stereocenters. The number of aromatic nitrogens is 1. The van der Waals surface area contributed by atoms with Crippen LogP contribution in [0.4, 0.5) is 0 Å². The standard InChI is InChI=1S/C13H18N2/c1-3-10(2)13(14)11-7-9-15-8-5-4-6-12(11)15/h4-10,13H,3,14H2,1-2H3. The van der Waals surface area contributed by atoms with Crippen LogP contribution < -0.4 is 5.73 Å². The van der Waals surface area contributed by atoms with Crippen molar-refractivity contribution in [2.75, 3.05) is 0 Å². The van der Waals surface area contributed by atoms with Gasteiger partial charge in [0.15, 0.2) is 0 Å². The molecule has 0 bridgehead atoms. The smallest absolute Gasteiger partial charge is 0.0497 e. The highest BCUT2D eigenvalue weighted by molar-refractivity contribution is 5.57. The predicted octanol–water partition coefficient (Wildman–Crippen LogP) is 2.99. The Kier molecular flexibility index (Phi) is 2.78. The van der Waals surface area contributed by atoms with Crippen molar-refractivity contribution in [3.05, 3.63) is 42.2 Å². The van der Waals surface area contributed by atoms with E-state index in [0.29, 0.717) is 5.92 Å². The van der Waals surface area contributed by atoms with Crippen LogP contribution in [0.15, 0.2) is 36.7 Å². The van der Waals surface area contributed by atoms with E-state index in [1.807, 2.05) is 6.07 Å². The molecule has 2 heterocycles. The highest BCUT2D eigenvalue weighted by Crippen LogP contribution is 2.26. The SMILES string of the molecule is CCC(C)C(N)c1ccn2ccccc12. The summed E-state index contributed by atoms with van der Waals surface area (Å²) < 4.78 is 2.12. The third-order valence-corrected chi connectivity index (χ3v) is 3.22. The highest BCUT2D eigenvalue weighted by atomic mass is 14.9. The van der Waals surface area contributed by atoms with Crippen molar-refractivity contribution in [2.45, 2.75) is 26.3 Å². The van der Waals surface area contributed by atoms with Crippen LogP contribution in [-0.4, -0.2) is 4.40 Å². The Bertz CT molecular complexity index is 444. The molecule has 15 heavy (non-hydrogen) atoms. The van der Waals surface area contributed by atoms with E-state index in [0.717, 1.165) is 6.42 Å². The zero-order valence-electron chi connectivity index (χ0n) is 9.35. The lowest BCUT2D eigenvalue weighted by Crippen LogP contribution is -2.18. The molecule has 2 nitrogen and oxygen atoms in total. The molecule has 2 atom stereocenters. The van der Waals surface area contributed by atoms with E-state index in [9.17, 15) is 0 Å². The van der Waals surface area contributed by atoms with Gasteiger partial charge < -0.3 is 10.1 Å². The summed E-state index contributed by atoms with van der Waals surface area (Å²) in [6, 6.07) is 8.49. The third-order valence-electron chi connectivity index (χ3n) is 3.22. The average Bonchev–Trinajstić information content (AvgIpc) is 2.70. The van der Waals surface area contributed by atoms with Crippen LogP contribution in [0.1, 0.15) is 31.9 Å². The lowest BCUT2D eigenvalue weighted by Gasteiger charge is -2.17. The maximum Gasteiger partial charge on any atom is 0.0497 e. The molecule has 0 aliphatic carbocycles. The molecular formula is C13H18N2. The molecule has 2 aromatic heterocycles. The second kappa shape index (κ2) is 4.07. The number of hydrogen-bond donors (Lipinski definition) is 1. The molecule has 80 valence electrons. The van der Waals surface area contributed by atoms with E-state index in [4.69, 9.17) is 5.73 Å². The van der Waals surface area contributed by atoms with Crippen LogP contribution in [0.2, 0.25) is 0 Å². The molecule has 0 radical (unpaired) electrons. The maximum absolute atomic E-state index is 6.25. The third kappa shape index (κ3) is 1.77. The largest absolute Gasteiger partial charge is 0.324 e. The number of nitrogens with two attached hydrogens (primary N) is 1. The molecule has 2 rings (SSSR count). The van der Waals surface area contributed by atoms with Crippen molar-refractivity contribution in [1.29, 1.82) is 0 Å². The quantitative estimate of drug-likeness (QED) is 0.815. The molecule has 2 heteroatoms. The molecule has 0 spiro atoms. The van der Waals surface area contributed by atoms with E-state index in [1.54, 1.807) is 0 Å². The molecule has 0 fully saturated rings. The van der Waals surface area contributed by atoms with Gasteiger partial charge in [0.05, 0.1) is 0 Å². The van der Waals surface area contributed by atoms with Crippen LogP contribution in [0.5, 0.6) is 0 Å². The zero-order chi connectivity index (χ0) is 10.8. The van der Waals surface area contributed by atoms with Gasteiger partial charge in [-0.15, -0.1) is 0 Å².